The Hall–Kier alpha value is -0.640. The zero-order valence-electron chi connectivity index (χ0n) is 10.4. The lowest BCUT2D eigenvalue weighted by atomic mass is 9.83. The normalized spacial score (nSPS) is 15.6. The molecular formula is C13H20BrN3. The summed E-state index contributed by atoms with van der Waals surface area (Å²) >= 11 is 3.44. The number of hydrogen-bond acceptors (Lipinski definition) is 3. The van der Waals surface area contributed by atoms with Crippen LogP contribution in [0.2, 0.25) is 0 Å². The molecule has 4 heteroatoms. The molecule has 94 valence electrons. The van der Waals surface area contributed by atoms with Gasteiger partial charge in [-0.05, 0) is 34.7 Å². The molecule has 0 spiro atoms. The van der Waals surface area contributed by atoms with Crippen molar-refractivity contribution >= 4 is 21.7 Å². The predicted octanol–water partition coefficient (Wildman–Crippen LogP) is 3.79. The van der Waals surface area contributed by atoms with Crippen LogP contribution in [0.15, 0.2) is 10.7 Å². The molecule has 1 aromatic heterocycles. The molecule has 1 heterocycles. The number of hydrogen-bond donors (Lipinski definition) is 1. The quantitative estimate of drug-likeness (QED) is 0.812. The van der Waals surface area contributed by atoms with Gasteiger partial charge in [-0.2, -0.15) is 0 Å². The third kappa shape index (κ3) is 3.95. The van der Waals surface area contributed by atoms with E-state index in [1.54, 1.807) is 0 Å². The zero-order chi connectivity index (χ0) is 12.1. The molecule has 0 saturated heterocycles. The highest BCUT2D eigenvalue weighted by atomic mass is 79.9. The molecule has 0 amide bonds. The van der Waals surface area contributed by atoms with E-state index in [1.165, 1.54) is 25.7 Å². The van der Waals surface area contributed by atoms with Crippen LogP contribution in [0.1, 0.15) is 44.9 Å². The monoisotopic (exact) mass is 297 g/mol. The lowest BCUT2D eigenvalue weighted by molar-refractivity contribution is 0.303. The van der Waals surface area contributed by atoms with Gasteiger partial charge in [0.25, 0.3) is 0 Å². The number of aromatic nitrogens is 2. The van der Waals surface area contributed by atoms with Gasteiger partial charge in [0.15, 0.2) is 0 Å². The fraction of sp³-hybridized carbons (Fsp3) is 0.692. The number of rotatable bonds is 6. The van der Waals surface area contributed by atoms with Crippen LogP contribution in [-0.4, -0.2) is 16.5 Å². The highest BCUT2D eigenvalue weighted by Gasteiger charge is 2.16. The van der Waals surface area contributed by atoms with Crippen LogP contribution in [0, 0.1) is 5.92 Å². The molecule has 17 heavy (non-hydrogen) atoms. The van der Waals surface area contributed by atoms with Crippen molar-refractivity contribution in [2.75, 3.05) is 11.9 Å². The number of nitrogens with zero attached hydrogens (tertiary/aromatic N) is 2. The van der Waals surface area contributed by atoms with E-state index >= 15 is 0 Å². The largest absolute Gasteiger partial charge is 0.370 e. The molecule has 1 fully saturated rings. The van der Waals surface area contributed by atoms with E-state index < -0.39 is 0 Å². The maximum absolute atomic E-state index is 4.51. The number of halogens is 1. The third-order valence-corrected chi connectivity index (χ3v) is 3.70. The summed E-state index contributed by atoms with van der Waals surface area (Å²) in [6, 6.07) is 1.96. The Morgan fingerprint density at radius 1 is 1.41 bits per heavy atom. The van der Waals surface area contributed by atoms with Gasteiger partial charge in [-0.25, -0.2) is 9.97 Å². The Bertz CT molecular complexity index is 364. The minimum Gasteiger partial charge on any atom is -0.370 e. The Morgan fingerprint density at radius 3 is 2.88 bits per heavy atom. The highest BCUT2D eigenvalue weighted by molar-refractivity contribution is 9.10. The van der Waals surface area contributed by atoms with Crippen LogP contribution in [0.25, 0.3) is 0 Å². The number of nitrogens with one attached hydrogen (secondary N) is 1. The summed E-state index contributed by atoms with van der Waals surface area (Å²) < 4.78 is 0.877. The molecule has 1 aromatic rings. The molecule has 0 aliphatic heterocycles. The molecule has 1 aliphatic carbocycles. The van der Waals surface area contributed by atoms with E-state index in [0.29, 0.717) is 0 Å². The van der Waals surface area contributed by atoms with Crippen LogP contribution in [0.5, 0.6) is 0 Å². The van der Waals surface area contributed by atoms with Gasteiger partial charge in [0.2, 0.25) is 0 Å². The maximum Gasteiger partial charge on any atom is 0.132 e. The Kier molecular flexibility index (Phi) is 4.77. The van der Waals surface area contributed by atoms with Crippen molar-refractivity contribution in [3.8, 4) is 0 Å². The van der Waals surface area contributed by atoms with E-state index in [2.05, 4.69) is 38.1 Å². The average molecular weight is 298 g/mol. The molecule has 0 aromatic carbocycles. The first-order valence-electron chi connectivity index (χ1n) is 6.55. The number of aryl methyl sites for hydroxylation is 1. The third-order valence-electron chi connectivity index (χ3n) is 3.30. The fourth-order valence-corrected chi connectivity index (χ4v) is 2.50. The van der Waals surface area contributed by atoms with Crippen molar-refractivity contribution in [3.63, 3.8) is 0 Å². The fourth-order valence-electron chi connectivity index (χ4n) is 2.08. The van der Waals surface area contributed by atoms with Gasteiger partial charge in [0.05, 0.1) is 0 Å². The lowest BCUT2D eigenvalue weighted by Gasteiger charge is -2.25. The van der Waals surface area contributed by atoms with Crippen molar-refractivity contribution < 1.29 is 0 Å². The number of anilines is 1. The molecule has 1 saturated carbocycles. The van der Waals surface area contributed by atoms with Gasteiger partial charge in [-0.3, -0.25) is 0 Å². The Morgan fingerprint density at radius 2 is 2.24 bits per heavy atom. The minimum atomic E-state index is 0.877. The topological polar surface area (TPSA) is 37.8 Å². The van der Waals surface area contributed by atoms with Crippen molar-refractivity contribution in [3.05, 3.63) is 16.5 Å². The van der Waals surface area contributed by atoms with Crippen molar-refractivity contribution in [2.24, 2.45) is 5.92 Å². The first-order chi connectivity index (χ1) is 8.28. The van der Waals surface area contributed by atoms with Crippen molar-refractivity contribution in [2.45, 2.75) is 45.4 Å². The van der Waals surface area contributed by atoms with Gasteiger partial charge < -0.3 is 5.32 Å². The smallest absolute Gasteiger partial charge is 0.132 e. The average Bonchev–Trinajstić information content (AvgIpc) is 2.21. The van der Waals surface area contributed by atoms with Crippen molar-refractivity contribution in [1.29, 1.82) is 0 Å². The van der Waals surface area contributed by atoms with Gasteiger partial charge in [-0.1, -0.05) is 26.2 Å². The summed E-state index contributed by atoms with van der Waals surface area (Å²) in [5.74, 6) is 2.82. The summed E-state index contributed by atoms with van der Waals surface area (Å²) in [7, 11) is 0. The summed E-state index contributed by atoms with van der Waals surface area (Å²) in [6.07, 6.45) is 7.54. The minimum absolute atomic E-state index is 0.877. The lowest BCUT2D eigenvalue weighted by Crippen LogP contribution is -2.16. The van der Waals surface area contributed by atoms with E-state index in [4.69, 9.17) is 0 Å². The standard InChI is InChI=1S/C13H20BrN3/c1-2-4-12-16-11(14)9-13(17-12)15-8-7-10-5-3-6-10/h9-10H,2-8H2,1H3,(H,15,16,17). The van der Waals surface area contributed by atoms with E-state index in [1.807, 2.05) is 6.07 Å². The van der Waals surface area contributed by atoms with Crippen LogP contribution in [-0.2, 0) is 6.42 Å². The van der Waals surface area contributed by atoms with Gasteiger partial charge in [-0.15, -0.1) is 0 Å². The first-order valence-corrected chi connectivity index (χ1v) is 7.34. The first kappa shape index (κ1) is 12.8. The van der Waals surface area contributed by atoms with Gasteiger partial charge >= 0.3 is 0 Å². The molecule has 0 bridgehead atoms. The molecular weight excluding hydrogens is 278 g/mol. The van der Waals surface area contributed by atoms with Crippen LogP contribution >= 0.6 is 15.9 Å². The predicted molar refractivity (Wildman–Crippen MR) is 74.2 cm³/mol. The molecule has 1 aliphatic rings. The Labute approximate surface area is 112 Å². The summed E-state index contributed by atoms with van der Waals surface area (Å²) in [5.41, 5.74) is 0. The van der Waals surface area contributed by atoms with Crippen LogP contribution in [0.4, 0.5) is 5.82 Å². The second kappa shape index (κ2) is 6.34. The SMILES string of the molecule is CCCc1nc(Br)cc(NCCC2CCC2)n1. The Balaban J connectivity index is 1.85. The molecule has 0 radical (unpaired) electrons. The molecule has 0 atom stereocenters. The maximum atomic E-state index is 4.51. The van der Waals surface area contributed by atoms with E-state index in [9.17, 15) is 0 Å². The van der Waals surface area contributed by atoms with Crippen LogP contribution in [0.3, 0.4) is 0 Å². The molecule has 2 rings (SSSR count). The summed E-state index contributed by atoms with van der Waals surface area (Å²) in [5, 5.41) is 3.40. The summed E-state index contributed by atoms with van der Waals surface area (Å²) in [6.45, 7) is 3.17. The van der Waals surface area contributed by atoms with E-state index in [-0.39, 0.29) is 0 Å². The second-order valence-corrected chi connectivity index (χ2v) is 5.57. The van der Waals surface area contributed by atoms with Gasteiger partial charge in [0.1, 0.15) is 16.2 Å². The summed E-state index contributed by atoms with van der Waals surface area (Å²) in [4.78, 5) is 8.87. The van der Waals surface area contributed by atoms with E-state index in [0.717, 1.165) is 41.5 Å². The molecule has 1 N–H and O–H groups in total. The zero-order valence-corrected chi connectivity index (χ0v) is 12.0. The van der Waals surface area contributed by atoms with Crippen LogP contribution < -0.4 is 5.32 Å². The van der Waals surface area contributed by atoms with Crippen molar-refractivity contribution in [1.82, 2.24) is 9.97 Å². The second-order valence-electron chi connectivity index (χ2n) is 4.75. The molecule has 3 nitrogen and oxygen atoms in total. The van der Waals surface area contributed by atoms with Gasteiger partial charge in [0, 0.05) is 19.0 Å². The highest BCUT2D eigenvalue weighted by Crippen LogP contribution is 2.29. The molecule has 0 unspecified atom stereocenters.